The van der Waals surface area contributed by atoms with Crippen LogP contribution in [0, 0.1) is 0 Å². The second-order valence-electron chi connectivity index (χ2n) is 5.65. The molecule has 0 aliphatic rings. The number of para-hydroxylation sites is 2. The van der Waals surface area contributed by atoms with E-state index in [1.807, 2.05) is 0 Å². The molecule has 0 spiro atoms. The molecule has 1 heterocycles. The van der Waals surface area contributed by atoms with Crippen molar-refractivity contribution in [3.63, 3.8) is 0 Å². The summed E-state index contributed by atoms with van der Waals surface area (Å²) < 4.78 is 78.2. The fraction of sp³-hybridized carbons (Fsp3) is 0.111. The molecule has 0 unspecified atom stereocenters. The molecule has 11 heteroatoms. The summed E-state index contributed by atoms with van der Waals surface area (Å²) in [6.45, 7) is 0. The van der Waals surface area contributed by atoms with Gasteiger partial charge in [-0.25, -0.2) is 0 Å². The molecule has 0 aliphatic heterocycles. The average molecular weight is 431 g/mol. The Balaban J connectivity index is 1.87. The summed E-state index contributed by atoms with van der Waals surface area (Å²) in [6.07, 6.45) is -8.25. The van der Waals surface area contributed by atoms with Crippen molar-refractivity contribution in [2.75, 3.05) is 5.32 Å². The Morgan fingerprint density at radius 1 is 0.897 bits per heavy atom. The number of hydrogen-bond acceptors (Lipinski definition) is 5. The zero-order valence-electron chi connectivity index (χ0n) is 14.2. The van der Waals surface area contributed by atoms with Gasteiger partial charge in [-0.1, -0.05) is 35.6 Å². The van der Waals surface area contributed by atoms with Gasteiger partial charge in [0.05, 0.1) is 28.7 Å². The van der Waals surface area contributed by atoms with Gasteiger partial charge in [-0.3, -0.25) is 4.99 Å². The van der Waals surface area contributed by atoms with Crippen molar-refractivity contribution < 1.29 is 31.4 Å². The first-order valence-electron chi connectivity index (χ1n) is 7.89. The number of anilines is 2. The van der Waals surface area contributed by atoms with Crippen molar-refractivity contribution in [2.45, 2.75) is 12.4 Å². The van der Waals surface area contributed by atoms with Crippen molar-refractivity contribution >= 4 is 34.1 Å². The molecule has 4 nitrogen and oxygen atoms in total. The SMILES string of the molecule is Oc1nc(Nc2ccccc2C(F)(F)F)sc1C=Nc1ccccc1C(F)(F)F. The van der Waals surface area contributed by atoms with Crippen molar-refractivity contribution in [3.05, 3.63) is 64.5 Å². The topological polar surface area (TPSA) is 57.5 Å². The summed E-state index contributed by atoms with van der Waals surface area (Å²) in [4.78, 5) is 7.41. The van der Waals surface area contributed by atoms with Crippen LogP contribution in [0.15, 0.2) is 53.5 Å². The van der Waals surface area contributed by atoms with E-state index in [-0.39, 0.29) is 21.4 Å². The molecule has 29 heavy (non-hydrogen) atoms. The highest BCUT2D eigenvalue weighted by Crippen LogP contribution is 2.38. The zero-order valence-corrected chi connectivity index (χ0v) is 15.0. The summed E-state index contributed by atoms with van der Waals surface area (Å²) in [5.41, 5.74) is -2.54. The molecule has 2 aromatic carbocycles. The van der Waals surface area contributed by atoms with E-state index in [2.05, 4.69) is 15.3 Å². The number of nitrogens with one attached hydrogen (secondary N) is 1. The molecule has 152 valence electrons. The Hall–Kier alpha value is -3.08. The molecule has 0 aliphatic carbocycles. The minimum absolute atomic E-state index is 0.0195. The number of nitrogens with zero attached hydrogens (tertiary/aromatic N) is 2. The number of aliphatic imine (C=N–C) groups is 1. The van der Waals surface area contributed by atoms with Crippen molar-refractivity contribution in [1.82, 2.24) is 4.98 Å². The van der Waals surface area contributed by atoms with Gasteiger partial charge in [0, 0.05) is 0 Å². The van der Waals surface area contributed by atoms with Gasteiger partial charge in [-0.2, -0.15) is 31.3 Å². The Morgan fingerprint density at radius 3 is 2.14 bits per heavy atom. The first-order chi connectivity index (χ1) is 13.6. The van der Waals surface area contributed by atoms with Gasteiger partial charge < -0.3 is 10.4 Å². The quantitative estimate of drug-likeness (QED) is 0.372. The Bertz CT molecular complexity index is 1040. The number of rotatable bonds is 4. The van der Waals surface area contributed by atoms with Gasteiger partial charge in [0.1, 0.15) is 4.88 Å². The van der Waals surface area contributed by atoms with Crippen LogP contribution in [0.25, 0.3) is 0 Å². The lowest BCUT2D eigenvalue weighted by Crippen LogP contribution is -2.08. The van der Waals surface area contributed by atoms with E-state index < -0.39 is 29.4 Å². The normalized spacial score (nSPS) is 12.5. The number of halogens is 6. The molecule has 0 amide bonds. The number of thiazole rings is 1. The minimum Gasteiger partial charge on any atom is -0.492 e. The van der Waals surface area contributed by atoms with Crippen LogP contribution in [0.2, 0.25) is 0 Å². The summed E-state index contributed by atoms with van der Waals surface area (Å²) in [5, 5.41) is 12.3. The fourth-order valence-corrected chi connectivity index (χ4v) is 3.11. The zero-order chi connectivity index (χ0) is 21.2. The summed E-state index contributed by atoms with van der Waals surface area (Å²) in [7, 11) is 0. The van der Waals surface area contributed by atoms with Gasteiger partial charge >= 0.3 is 12.4 Å². The molecule has 3 rings (SSSR count). The van der Waals surface area contributed by atoms with Crippen LogP contribution < -0.4 is 5.32 Å². The van der Waals surface area contributed by atoms with E-state index in [9.17, 15) is 31.4 Å². The second-order valence-corrected chi connectivity index (χ2v) is 6.68. The number of aromatic nitrogens is 1. The first kappa shape index (κ1) is 20.6. The number of aromatic hydroxyl groups is 1. The monoisotopic (exact) mass is 431 g/mol. The molecule has 0 atom stereocenters. The van der Waals surface area contributed by atoms with Crippen molar-refractivity contribution in [1.29, 1.82) is 0 Å². The summed E-state index contributed by atoms with van der Waals surface area (Å²) in [6, 6.07) is 9.28. The van der Waals surface area contributed by atoms with E-state index in [0.717, 1.165) is 35.8 Å². The van der Waals surface area contributed by atoms with Gasteiger partial charge in [0.15, 0.2) is 5.13 Å². The lowest BCUT2D eigenvalue weighted by Gasteiger charge is -2.12. The minimum atomic E-state index is -4.61. The summed E-state index contributed by atoms with van der Waals surface area (Å²) in [5.74, 6) is -0.574. The Morgan fingerprint density at radius 2 is 1.48 bits per heavy atom. The van der Waals surface area contributed by atoms with Crippen LogP contribution in [-0.4, -0.2) is 16.3 Å². The molecule has 0 bridgehead atoms. The van der Waals surface area contributed by atoms with E-state index in [1.165, 1.54) is 30.3 Å². The third kappa shape index (κ3) is 4.86. The third-order valence-electron chi connectivity index (χ3n) is 3.64. The van der Waals surface area contributed by atoms with Crippen LogP contribution >= 0.6 is 11.3 Å². The van der Waals surface area contributed by atoms with Crippen LogP contribution in [0.4, 0.5) is 42.8 Å². The van der Waals surface area contributed by atoms with Gasteiger partial charge in [0.25, 0.3) is 0 Å². The molecular weight excluding hydrogens is 420 g/mol. The van der Waals surface area contributed by atoms with E-state index >= 15 is 0 Å². The third-order valence-corrected chi connectivity index (χ3v) is 4.53. The Labute approximate surface area is 164 Å². The molecular formula is C18H11F6N3OS. The molecule has 0 fully saturated rings. The molecule has 1 aromatic heterocycles. The van der Waals surface area contributed by atoms with Crippen LogP contribution in [0.5, 0.6) is 5.88 Å². The first-order valence-corrected chi connectivity index (χ1v) is 8.70. The highest BCUT2D eigenvalue weighted by Gasteiger charge is 2.34. The average Bonchev–Trinajstić information content (AvgIpc) is 2.98. The maximum absolute atomic E-state index is 13.1. The molecule has 0 radical (unpaired) electrons. The highest BCUT2D eigenvalue weighted by atomic mass is 32.1. The van der Waals surface area contributed by atoms with Gasteiger partial charge in [0.2, 0.25) is 5.88 Å². The lowest BCUT2D eigenvalue weighted by atomic mass is 10.2. The van der Waals surface area contributed by atoms with Crippen molar-refractivity contribution in [3.8, 4) is 5.88 Å². The highest BCUT2D eigenvalue weighted by molar-refractivity contribution is 7.17. The van der Waals surface area contributed by atoms with Crippen LogP contribution in [-0.2, 0) is 12.4 Å². The second kappa shape index (κ2) is 7.74. The smallest absolute Gasteiger partial charge is 0.418 e. The number of hydrogen-bond donors (Lipinski definition) is 2. The predicted octanol–water partition coefficient (Wildman–Crippen LogP) is 6.38. The maximum Gasteiger partial charge on any atom is 0.418 e. The largest absolute Gasteiger partial charge is 0.492 e. The molecule has 0 saturated carbocycles. The predicted molar refractivity (Wildman–Crippen MR) is 97.2 cm³/mol. The van der Waals surface area contributed by atoms with Gasteiger partial charge in [-0.15, -0.1) is 0 Å². The van der Waals surface area contributed by atoms with E-state index in [0.29, 0.717) is 0 Å². The molecule has 2 N–H and O–H groups in total. The van der Waals surface area contributed by atoms with Crippen LogP contribution in [0.3, 0.4) is 0 Å². The Kier molecular flexibility index (Phi) is 5.51. The number of benzene rings is 2. The number of alkyl halides is 6. The van der Waals surface area contributed by atoms with E-state index in [1.54, 1.807) is 0 Å². The summed E-state index contributed by atoms with van der Waals surface area (Å²) >= 11 is 0.736. The standard InChI is InChI=1S/C18H11F6N3OS/c19-17(20,21)10-5-1-3-7-12(10)25-9-14-15(28)27-16(29-14)26-13-8-4-2-6-11(13)18(22,23)24/h1-9,28H,(H,26,27). The molecule has 3 aromatic rings. The van der Waals surface area contributed by atoms with Gasteiger partial charge in [-0.05, 0) is 24.3 Å². The fourth-order valence-electron chi connectivity index (χ4n) is 2.37. The van der Waals surface area contributed by atoms with Crippen LogP contribution in [0.1, 0.15) is 16.0 Å². The maximum atomic E-state index is 13.1. The van der Waals surface area contributed by atoms with E-state index in [4.69, 9.17) is 0 Å². The molecule has 0 saturated heterocycles. The lowest BCUT2D eigenvalue weighted by molar-refractivity contribution is -0.137. The van der Waals surface area contributed by atoms with Crippen molar-refractivity contribution in [2.24, 2.45) is 4.99 Å².